The Morgan fingerprint density at radius 3 is 3.00 bits per heavy atom. The van der Waals surface area contributed by atoms with Gasteiger partial charge in [0.25, 0.3) is 0 Å². The van der Waals surface area contributed by atoms with Crippen LogP contribution in [0.2, 0.25) is 0 Å². The van der Waals surface area contributed by atoms with Crippen LogP contribution in [0.3, 0.4) is 0 Å². The fraction of sp³-hybridized carbons (Fsp3) is 1.00. The number of hydrogen-bond donors (Lipinski definition) is 1. The van der Waals surface area contributed by atoms with Crippen molar-refractivity contribution >= 4 is 12.4 Å². The van der Waals surface area contributed by atoms with Gasteiger partial charge in [0, 0.05) is 32.2 Å². The SMILES string of the molecule is CCC(C)CN1CCOC2CNCC21.Cl. The minimum absolute atomic E-state index is 0. The second kappa shape index (κ2) is 6.04. The summed E-state index contributed by atoms with van der Waals surface area (Å²) in [6.07, 6.45) is 1.73. The Morgan fingerprint density at radius 2 is 2.27 bits per heavy atom. The smallest absolute Gasteiger partial charge is 0.0867 e. The molecule has 0 spiro atoms. The molecule has 0 aromatic heterocycles. The molecule has 0 aromatic rings. The number of morpholine rings is 1. The number of nitrogens with zero attached hydrogens (tertiary/aromatic N) is 1. The molecule has 0 saturated carbocycles. The highest BCUT2D eigenvalue weighted by atomic mass is 35.5. The monoisotopic (exact) mass is 234 g/mol. The van der Waals surface area contributed by atoms with Gasteiger partial charge in [0.2, 0.25) is 0 Å². The van der Waals surface area contributed by atoms with Crippen LogP contribution in [0.1, 0.15) is 20.3 Å². The highest BCUT2D eigenvalue weighted by Gasteiger charge is 2.35. The van der Waals surface area contributed by atoms with E-state index in [9.17, 15) is 0 Å². The van der Waals surface area contributed by atoms with E-state index in [0.717, 1.165) is 32.2 Å². The Balaban J connectivity index is 0.00000112. The quantitative estimate of drug-likeness (QED) is 0.793. The normalized spacial score (nSPS) is 33.2. The van der Waals surface area contributed by atoms with E-state index in [1.165, 1.54) is 13.0 Å². The largest absolute Gasteiger partial charge is 0.374 e. The standard InChI is InChI=1S/C11H22N2O.ClH/c1-3-9(2)8-13-4-5-14-11-7-12-6-10(11)13;/h9-12H,3-8H2,1-2H3;1H. The number of ether oxygens (including phenoxy) is 1. The number of nitrogens with one attached hydrogen (secondary N) is 1. The minimum atomic E-state index is 0. The third kappa shape index (κ3) is 3.06. The van der Waals surface area contributed by atoms with Gasteiger partial charge in [-0.05, 0) is 5.92 Å². The fourth-order valence-corrected chi connectivity index (χ4v) is 2.42. The molecule has 2 heterocycles. The van der Waals surface area contributed by atoms with Crippen molar-refractivity contribution in [1.29, 1.82) is 0 Å². The average Bonchev–Trinajstić information content (AvgIpc) is 2.66. The van der Waals surface area contributed by atoms with Gasteiger partial charge in [-0.25, -0.2) is 0 Å². The summed E-state index contributed by atoms with van der Waals surface area (Å²) >= 11 is 0. The molecule has 2 fully saturated rings. The van der Waals surface area contributed by atoms with Gasteiger partial charge in [-0.15, -0.1) is 12.4 Å². The Kier molecular flexibility index (Phi) is 5.33. The molecular formula is C11H23ClN2O. The van der Waals surface area contributed by atoms with E-state index in [4.69, 9.17) is 4.74 Å². The van der Waals surface area contributed by atoms with Crippen LogP contribution in [-0.4, -0.2) is 49.8 Å². The van der Waals surface area contributed by atoms with Crippen LogP contribution < -0.4 is 5.32 Å². The Morgan fingerprint density at radius 1 is 1.47 bits per heavy atom. The van der Waals surface area contributed by atoms with Crippen molar-refractivity contribution < 1.29 is 4.74 Å². The molecule has 0 radical (unpaired) electrons. The lowest BCUT2D eigenvalue weighted by molar-refractivity contribution is -0.0509. The predicted octanol–water partition coefficient (Wildman–Crippen LogP) is 1.13. The highest BCUT2D eigenvalue weighted by molar-refractivity contribution is 5.85. The molecule has 0 amide bonds. The zero-order valence-corrected chi connectivity index (χ0v) is 10.6. The summed E-state index contributed by atoms with van der Waals surface area (Å²) < 4.78 is 5.74. The summed E-state index contributed by atoms with van der Waals surface area (Å²) in [6, 6.07) is 0.637. The van der Waals surface area contributed by atoms with E-state index < -0.39 is 0 Å². The van der Waals surface area contributed by atoms with Crippen LogP contribution in [0.25, 0.3) is 0 Å². The van der Waals surface area contributed by atoms with E-state index in [1.54, 1.807) is 0 Å². The lowest BCUT2D eigenvalue weighted by atomic mass is 10.1. The first-order valence-corrected chi connectivity index (χ1v) is 5.87. The first-order chi connectivity index (χ1) is 6.81. The number of rotatable bonds is 3. The van der Waals surface area contributed by atoms with Gasteiger partial charge >= 0.3 is 0 Å². The maximum absolute atomic E-state index is 5.74. The summed E-state index contributed by atoms with van der Waals surface area (Å²) in [6.45, 7) is 10.0. The molecule has 2 aliphatic rings. The lowest BCUT2D eigenvalue weighted by Crippen LogP contribution is -2.51. The maximum Gasteiger partial charge on any atom is 0.0867 e. The summed E-state index contributed by atoms with van der Waals surface area (Å²) in [4.78, 5) is 2.61. The molecule has 3 unspecified atom stereocenters. The van der Waals surface area contributed by atoms with E-state index in [0.29, 0.717) is 12.1 Å². The molecule has 2 saturated heterocycles. The van der Waals surface area contributed by atoms with Gasteiger partial charge in [0.05, 0.1) is 12.7 Å². The summed E-state index contributed by atoms with van der Waals surface area (Å²) in [5.41, 5.74) is 0. The fourth-order valence-electron chi connectivity index (χ4n) is 2.42. The molecule has 90 valence electrons. The first-order valence-electron chi connectivity index (χ1n) is 5.87. The second-order valence-corrected chi connectivity index (χ2v) is 4.64. The minimum Gasteiger partial charge on any atom is -0.374 e. The molecule has 0 bridgehead atoms. The molecule has 3 atom stereocenters. The second-order valence-electron chi connectivity index (χ2n) is 4.64. The van der Waals surface area contributed by atoms with E-state index >= 15 is 0 Å². The van der Waals surface area contributed by atoms with Crippen molar-refractivity contribution in [2.75, 3.05) is 32.8 Å². The Hall–Kier alpha value is 0.170. The molecule has 0 aliphatic carbocycles. The first kappa shape index (κ1) is 13.2. The molecule has 0 aromatic carbocycles. The summed E-state index contributed by atoms with van der Waals surface area (Å²) in [5, 5.41) is 3.42. The maximum atomic E-state index is 5.74. The number of halogens is 1. The molecule has 2 rings (SSSR count). The van der Waals surface area contributed by atoms with Gasteiger partial charge in [-0.2, -0.15) is 0 Å². The molecular weight excluding hydrogens is 212 g/mol. The van der Waals surface area contributed by atoms with Crippen molar-refractivity contribution in [3.63, 3.8) is 0 Å². The zero-order valence-electron chi connectivity index (χ0n) is 9.74. The van der Waals surface area contributed by atoms with Crippen LogP contribution in [0.15, 0.2) is 0 Å². The van der Waals surface area contributed by atoms with Crippen molar-refractivity contribution in [3.05, 3.63) is 0 Å². The topological polar surface area (TPSA) is 24.5 Å². The molecule has 1 N–H and O–H groups in total. The predicted molar refractivity (Wildman–Crippen MR) is 64.7 cm³/mol. The van der Waals surface area contributed by atoms with Gasteiger partial charge < -0.3 is 10.1 Å². The van der Waals surface area contributed by atoms with Crippen molar-refractivity contribution in [2.45, 2.75) is 32.4 Å². The van der Waals surface area contributed by atoms with Crippen LogP contribution >= 0.6 is 12.4 Å². The van der Waals surface area contributed by atoms with E-state index in [-0.39, 0.29) is 12.4 Å². The van der Waals surface area contributed by atoms with Gasteiger partial charge in [-0.3, -0.25) is 4.90 Å². The van der Waals surface area contributed by atoms with Gasteiger partial charge in [0.1, 0.15) is 0 Å². The number of hydrogen-bond acceptors (Lipinski definition) is 3. The van der Waals surface area contributed by atoms with Crippen molar-refractivity contribution in [3.8, 4) is 0 Å². The Bertz CT molecular complexity index is 191. The zero-order chi connectivity index (χ0) is 9.97. The third-order valence-electron chi connectivity index (χ3n) is 3.55. The lowest BCUT2D eigenvalue weighted by Gasteiger charge is -2.38. The van der Waals surface area contributed by atoms with Crippen molar-refractivity contribution in [2.24, 2.45) is 5.92 Å². The average molecular weight is 235 g/mol. The number of fused-ring (bicyclic) bond motifs is 1. The van der Waals surface area contributed by atoms with Crippen LogP contribution in [0, 0.1) is 5.92 Å². The molecule has 15 heavy (non-hydrogen) atoms. The van der Waals surface area contributed by atoms with Crippen molar-refractivity contribution in [1.82, 2.24) is 10.2 Å². The molecule has 3 nitrogen and oxygen atoms in total. The molecule has 2 aliphatic heterocycles. The molecule has 4 heteroatoms. The van der Waals surface area contributed by atoms with Crippen LogP contribution in [-0.2, 0) is 4.74 Å². The Labute approximate surface area is 99.0 Å². The van der Waals surface area contributed by atoms with Gasteiger partial charge in [-0.1, -0.05) is 20.3 Å². The van der Waals surface area contributed by atoms with E-state index in [1.807, 2.05) is 0 Å². The van der Waals surface area contributed by atoms with E-state index in [2.05, 4.69) is 24.1 Å². The third-order valence-corrected chi connectivity index (χ3v) is 3.55. The highest BCUT2D eigenvalue weighted by Crippen LogP contribution is 2.19. The summed E-state index contributed by atoms with van der Waals surface area (Å²) in [7, 11) is 0. The summed E-state index contributed by atoms with van der Waals surface area (Å²) in [5.74, 6) is 0.814. The van der Waals surface area contributed by atoms with Crippen LogP contribution in [0.5, 0.6) is 0 Å². The van der Waals surface area contributed by atoms with Gasteiger partial charge in [0.15, 0.2) is 0 Å². The van der Waals surface area contributed by atoms with Crippen LogP contribution in [0.4, 0.5) is 0 Å².